The van der Waals surface area contributed by atoms with Crippen LogP contribution in [0.5, 0.6) is 0 Å². The Morgan fingerprint density at radius 1 is 0.259 bits per heavy atom. The highest BCUT2D eigenvalue weighted by Crippen LogP contribution is 2.17. The summed E-state index contributed by atoms with van der Waals surface area (Å²) < 4.78 is 17.0. The number of allylic oxidation sites excluding steroid dienone is 16. The Morgan fingerprint density at radius 3 is 0.790 bits per heavy atom. The largest absolute Gasteiger partial charge is 0.462 e. The first-order chi connectivity index (χ1) is 40.0. The molecule has 0 rings (SSSR count). The fourth-order valence-electron chi connectivity index (χ4n) is 9.85. The monoisotopic (exact) mass is 1130 g/mol. The summed E-state index contributed by atoms with van der Waals surface area (Å²) in [4.78, 5) is 38.5. The number of hydrogen-bond donors (Lipinski definition) is 0. The van der Waals surface area contributed by atoms with E-state index in [1.807, 2.05) is 0 Å². The fraction of sp³-hybridized carbons (Fsp3) is 0.747. The molecule has 0 fully saturated rings. The molecule has 0 aromatic heterocycles. The molecule has 0 bridgehead atoms. The van der Waals surface area contributed by atoms with Crippen molar-refractivity contribution in [2.45, 2.75) is 348 Å². The van der Waals surface area contributed by atoms with Crippen LogP contribution in [0.2, 0.25) is 0 Å². The van der Waals surface area contributed by atoms with Crippen molar-refractivity contribution in [3.63, 3.8) is 0 Å². The number of ether oxygens (including phenoxy) is 3. The van der Waals surface area contributed by atoms with Crippen LogP contribution in [0.1, 0.15) is 342 Å². The van der Waals surface area contributed by atoms with Gasteiger partial charge in [0, 0.05) is 19.3 Å². The lowest BCUT2D eigenvalue weighted by Crippen LogP contribution is -2.30. The molecule has 1 atom stereocenters. The Morgan fingerprint density at radius 2 is 0.481 bits per heavy atom. The number of rotatable bonds is 63. The van der Waals surface area contributed by atoms with Crippen LogP contribution in [0, 0.1) is 0 Å². The van der Waals surface area contributed by atoms with Crippen LogP contribution in [-0.4, -0.2) is 37.2 Å². The molecule has 0 saturated carbocycles. The summed E-state index contributed by atoms with van der Waals surface area (Å²) in [5, 5.41) is 0. The average molecular weight is 1130 g/mol. The molecule has 0 aliphatic carbocycles. The van der Waals surface area contributed by atoms with E-state index in [1.165, 1.54) is 199 Å². The third-order valence-electron chi connectivity index (χ3n) is 15.0. The molecule has 6 heteroatoms. The van der Waals surface area contributed by atoms with Gasteiger partial charge in [0.15, 0.2) is 6.10 Å². The zero-order valence-corrected chi connectivity index (χ0v) is 53.5. The normalized spacial score (nSPS) is 12.7. The van der Waals surface area contributed by atoms with Gasteiger partial charge < -0.3 is 14.2 Å². The predicted octanol–water partition coefficient (Wildman–Crippen LogP) is 24.0. The van der Waals surface area contributed by atoms with Crippen molar-refractivity contribution >= 4 is 17.9 Å². The zero-order chi connectivity index (χ0) is 58.5. The smallest absolute Gasteiger partial charge is 0.306 e. The van der Waals surface area contributed by atoms with Crippen LogP contribution in [-0.2, 0) is 28.6 Å². The molecule has 0 N–H and O–H groups in total. The number of unbranched alkanes of at least 4 members (excludes halogenated alkanes) is 36. The van der Waals surface area contributed by atoms with Crippen LogP contribution < -0.4 is 0 Å². The lowest BCUT2D eigenvalue weighted by molar-refractivity contribution is -0.167. The topological polar surface area (TPSA) is 78.9 Å². The van der Waals surface area contributed by atoms with E-state index in [-0.39, 0.29) is 31.1 Å². The highest BCUT2D eigenvalue weighted by Gasteiger charge is 2.19. The fourth-order valence-corrected chi connectivity index (χ4v) is 9.85. The van der Waals surface area contributed by atoms with Crippen LogP contribution in [0.25, 0.3) is 0 Å². The van der Waals surface area contributed by atoms with Crippen molar-refractivity contribution in [3.05, 3.63) is 97.2 Å². The first-order valence-electron chi connectivity index (χ1n) is 34.7. The summed E-state index contributed by atoms with van der Waals surface area (Å²) in [6.45, 7) is 6.53. The standard InChI is InChI=1S/C75H130O6/c1-4-7-10-13-16-19-22-25-28-31-34-35-36-37-38-39-42-44-47-50-53-56-59-62-65-68-74(77)80-71-72(81-75(78)69-66-63-60-57-54-51-48-45-41-33-30-27-24-21-18-15-12-9-6-3)70-79-73(76)67-64-61-58-55-52-49-46-43-40-32-29-26-23-20-17-14-11-8-5-2/h7,10,16,18-19,21,25-30,34-35,37-38,72H,4-6,8-9,11-15,17,20,22-24,31-33,36,39-71H2,1-3H3/b10-7-,19-16-,21-18-,28-25-,29-26-,30-27-,35-34-,38-37-. The van der Waals surface area contributed by atoms with Crippen molar-refractivity contribution in [2.75, 3.05) is 13.2 Å². The first kappa shape index (κ1) is 77.3. The molecule has 6 nitrogen and oxygen atoms in total. The Hall–Kier alpha value is -3.67. The maximum absolute atomic E-state index is 13.0. The third kappa shape index (κ3) is 67.0. The molecule has 0 heterocycles. The SMILES string of the molecule is CC/C=C\C/C=C\C/C=C\C/C=C\C/C=C\CCCCCCCCCCCC(=O)OCC(COC(=O)CCCCCCCCCCC/C=C\CCCCCCCC)OC(=O)CCCCCCCCCCC/C=C\C/C=C\CCCCC. The summed E-state index contributed by atoms with van der Waals surface area (Å²) in [5.41, 5.74) is 0. The number of esters is 3. The molecule has 0 aromatic carbocycles. The van der Waals surface area contributed by atoms with Gasteiger partial charge in [0.1, 0.15) is 13.2 Å². The van der Waals surface area contributed by atoms with E-state index in [9.17, 15) is 14.4 Å². The minimum absolute atomic E-state index is 0.0804. The van der Waals surface area contributed by atoms with Gasteiger partial charge in [0.25, 0.3) is 0 Å². The second kappa shape index (κ2) is 68.8. The van der Waals surface area contributed by atoms with Gasteiger partial charge in [-0.05, 0) is 122 Å². The van der Waals surface area contributed by atoms with E-state index in [2.05, 4.69) is 118 Å². The van der Waals surface area contributed by atoms with E-state index < -0.39 is 6.10 Å². The van der Waals surface area contributed by atoms with Gasteiger partial charge in [-0.1, -0.05) is 298 Å². The quantitative estimate of drug-likeness (QED) is 0.0261. The van der Waals surface area contributed by atoms with Crippen LogP contribution in [0.4, 0.5) is 0 Å². The van der Waals surface area contributed by atoms with Gasteiger partial charge in [-0.15, -0.1) is 0 Å². The molecule has 0 saturated heterocycles. The van der Waals surface area contributed by atoms with Crippen molar-refractivity contribution < 1.29 is 28.6 Å². The second-order valence-corrected chi connectivity index (χ2v) is 23.1. The first-order valence-corrected chi connectivity index (χ1v) is 34.7. The molecular weight excluding hydrogens is 997 g/mol. The van der Waals surface area contributed by atoms with Gasteiger partial charge in [-0.3, -0.25) is 14.4 Å². The van der Waals surface area contributed by atoms with Gasteiger partial charge in [-0.2, -0.15) is 0 Å². The minimum Gasteiger partial charge on any atom is -0.462 e. The molecule has 1 unspecified atom stereocenters. The number of carbonyl (C=O) groups is 3. The molecule has 0 aromatic rings. The maximum atomic E-state index is 13.0. The second-order valence-electron chi connectivity index (χ2n) is 23.1. The predicted molar refractivity (Wildman–Crippen MR) is 353 cm³/mol. The Labute approximate surface area is 502 Å². The number of carbonyl (C=O) groups excluding carboxylic acids is 3. The van der Waals surface area contributed by atoms with Gasteiger partial charge in [0.05, 0.1) is 0 Å². The van der Waals surface area contributed by atoms with E-state index in [4.69, 9.17) is 14.2 Å². The molecular formula is C75H130O6. The van der Waals surface area contributed by atoms with Crippen molar-refractivity contribution in [3.8, 4) is 0 Å². The lowest BCUT2D eigenvalue weighted by Gasteiger charge is -2.18. The van der Waals surface area contributed by atoms with Crippen molar-refractivity contribution in [1.29, 1.82) is 0 Å². The molecule has 0 spiro atoms. The highest BCUT2D eigenvalue weighted by atomic mass is 16.6. The zero-order valence-electron chi connectivity index (χ0n) is 53.5. The van der Waals surface area contributed by atoms with E-state index >= 15 is 0 Å². The van der Waals surface area contributed by atoms with Crippen LogP contribution >= 0.6 is 0 Å². The van der Waals surface area contributed by atoms with Gasteiger partial charge >= 0.3 is 17.9 Å². The third-order valence-corrected chi connectivity index (χ3v) is 15.0. The molecule has 0 amide bonds. The minimum atomic E-state index is -0.786. The molecule has 466 valence electrons. The van der Waals surface area contributed by atoms with Gasteiger partial charge in [0.2, 0.25) is 0 Å². The maximum Gasteiger partial charge on any atom is 0.306 e. The summed E-state index contributed by atoms with van der Waals surface area (Å²) >= 11 is 0. The van der Waals surface area contributed by atoms with Crippen LogP contribution in [0.3, 0.4) is 0 Å². The molecule has 81 heavy (non-hydrogen) atoms. The van der Waals surface area contributed by atoms with E-state index in [0.717, 1.165) is 103 Å². The molecule has 0 aliphatic heterocycles. The highest BCUT2D eigenvalue weighted by molar-refractivity contribution is 5.71. The summed E-state index contributed by atoms with van der Waals surface area (Å²) in [6.07, 6.45) is 92.7. The Balaban J connectivity index is 4.38. The van der Waals surface area contributed by atoms with Crippen molar-refractivity contribution in [1.82, 2.24) is 0 Å². The Bertz CT molecular complexity index is 1580. The molecule has 0 radical (unpaired) electrons. The van der Waals surface area contributed by atoms with Crippen molar-refractivity contribution in [2.24, 2.45) is 0 Å². The average Bonchev–Trinajstić information content (AvgIpc) is 3.47. The van der Waals surface area contributed by atoms with Crippen LogP contribution in [0.15, 0.2) is 97.2 Å². The summed E-state index contributed by atoms with van der Waals surface area (Å²) in [6, 6.07) is 0. The van der Waals surface area contributed by atoms with E-state index in [1.54, 1.807) is 0 Å². The lowest BCUT2D eigenvalue weighted by atomic mass is 10.1. The summed E-state index contributed by atoms with van der Waals surface area (Å²) in [7, 11) is 0. The number of hydrogen-bond acceptors (Lipinski definition) is 6. The summed E-state index contributed by atoms with van der Waals surface area (Å²) in [5.74, 6) is -0.877. The molecule has 0 aliphatic rings. The van der Waals surface area contributed by atoms with Gasteiger partial charge in [-0.25, -0.2) is 0 Å². The van der Waals surface area contributed by atoms with E-state index in [0.29, 0.717) is 19.3 Å². The Kier molecular flexibility index (Phi) is 65.7.